The van der Waals surface area contributed by atoms with Gasteiger partial charge in [-0.3, -0.25) is 4.79 Å². The highest BCUT2D eigenvalue weighted by Crippen LogP contribution is 2.62. The molecule has 0 aromatic rings. The van der Waals surface area contributed by atoms with Gasteiger partial charge in [-0.15, -0.1) is 0 Å². The number of hydrogen-bond acceptors (Lipinski definition) is 3. The van der Waals surface area contributed by atoms with Crippen LogP contribution in [0.2, 0.25) is 0 Å². The number of carbonyl (C=O) groups is 1. The van der Waals surface area contributed by atoms with Gasteiger partial charge >= 0.3 is 5.97 Å². The maximum Gasteiger partial charge on any atom is 0.311 e. The molecular formula is C22H36O3. The summed E-state index contributed by atoms with van der Waals surface area (Å²) in [6.45, 7) is 11.1. The molecule has 0 aromatic carbocycles. The van der Waals surface area contributed by atoms with Crippen LogP contribution in [0.1, 0.15) is 72.1 Å². The van der Waals surface area contributed by atoms with Gasteiger partial charge in [0.25, 0.3) is 0 Å². The van der Waals surface area contributed by atoms with Gasteiger partial charge in [-0.25, -0.2) is 0 Å². The molecule has 2 aliphatic carbocycles. The maximum absolute atomic E-state index is 12.6. The molecule has 1 N–H and O–H groups in total. The first kappa shape index (κ1) is 20.2. The molecule has 142 valence electrons. The fourth-order valence-electron chi connectivity index (χ4n) is 5.80. The van der Waals surface area contributed by atoms with Gasteiger partial charge in [0, 0.05) is 0 Å². The number of aliphatic hydroxyl groups is 1. The molecule has 0 heterocycles. The van der Waals surface area contributed by atoms with Crippen molar-refractivity contribution in [1.82, 2.24) is 0 Å². The highest BCUT2D eigenvalue weighted by molar-refractivity contribution is 5.77. The lowest BCUT2D eigenvalue weighted by atomic mass is 9.46. The Morgan fingerprint density at radius 3 is 2.76 bits per heavy atom. The third-order valence-electron chi connectivity index (χ3n) is 7.18. The van der Waals surface area contributed by atoms with Gasteiger partial charge in [-0.1, -0.05) is 37.1 Å². The topological polar surface area (TPSA) is 46.5 Å². The molecule has 3 nitrogen and oxygen atoms in total. The lowest BCUT2D eigenvalue weighted by Crippen LogP contribution is -2.53. The van der Waals surface area contributed by atoms with E-state index in [0.29, 0.717) is 11.8 Å². The summed E-state index contributed by atoms with van der Waals surface area (Å²) in [6, 6.07) is 0. The summed E-state index contributed by atoms with van der Waals surface area (Å²) in [5.41, 5.74) is 2.42. The molecule has 0 unspecified atom stereocenters. The van der Waals surface area contributed by atoms with Crippen LogP contribution in [0, 0.1) is 22.7 Å². The third kappa shape index (κ3) is 3.86. The zero-order valence-electron chi connectivity index (χ0n) is 16.6. The minimum Gasteiger partial charge on any atom is -0.469 e. The largest absolute Gasteiger partial charge is 0.469 e. The normalized spacial score (nSPS) is 36.0. The van der Waals surface area contributed by atoms with Gasteiger partial charge in [-0.05, 0) is 76.0 Å². The maximum atomic E-state index is 12.6. The first-order chi connectivity index (χ1) is 11.8. The van der Waals surface area contributed by atoms with Crippen LogP contribution >= 0.6 is 0 Å². The van der Waals surface area contributed by atoms with Gasteiger partial charge in [0.15, 0.2) is 0 Å². The highest BCUT2D eigenvalue weighted by atomic mass is 16.5. The van der Waals surface area contributed by atoms with Crippen LogP contribution in [0.5, 0.6) is 0 Å². The van der Waals surface area contributed by atoms with Crippen LogP contribution in [-0.4, -0.2) is 24.8 Å². The van der Waals surface area contributed by atoms with E-state index in [1.54, 1.807) is 0 Å². The van der Waals surface area contributed by atoms with Crippen molar-refractivity contribution in [3.05, 3.63) is 23.8 Å². The summed E-state index contributed by atoms with van der Waals surface area (Å²) < 4.78 is 5.20. The van der Waals surface area contributed by atoms with E-state index in [9.17, 15) is 4.79 Å². The Kier molecular flexibility index (Phi) is 6.53. The van der Waals surface area contributed by atoms with E-state index in [-0.39, 0.29) is 23.4 Å². The monoisotopic (exact) mass is 348 g/mol. The van der Waals surface area contributed by atoms with E-state index in [1.165, 1.54) is 24.7 Å². The van der Waals surface area contributed by atoms with E-state index in [0.717, 1.165) is 44.9 Å². The van der Waals surface area contributed by atoms with Crippen molar-refractivity contribution in [1.29, 1.82) is 0 Å². The average Bonchev–Trinajstić information content (AvgIpc) is 2.56. The SMILES string of the molecule is C=C1CC[C@@H]2[C@](C)(CCC[C@]2(C)C(=O)OC)[C@H]1CCC/C(C)=C/CO. The molecule has 4 atom stereocenters. The summed E-state index contributed by atoms with van der Waals surface area (Å²) in [5.74, 6) is 0.833. The Morgan fingerprint density at radius 1 is 1.40 bits per heavy atom. The van der Waals surface area contributed by atoms with E-state index in [4.69, 9.17) is 9.84 Å². The zero-order valence-corrected chi connectivity index (χ0v) is 16.6. The summed E-state index contributed by atoms with van der Waals surface area (Å²) in [4.78, 5) is 12.6. The highest BCUT2D eigenvalue weighted by Gasteiger charge is 2.57. The van der Waals surface area contributed by atoms with E-state index < -0.39 is 0 Å². The van der Waals surface area contributed by atoms with Crippen molar-refractivity contribution < 1.29 is 14.6 Å². The summed E-state index contributed by atoms with van der Waals surface area (Å²) in [5, 5.41) is 9.02. The molecule has 0 aliphatic heterocycles. The molecule has 2 rings (SSSR count). The number of hydrogen-bond donors (Lipinski definition) is 1. The van der Waals surface area contributed by atoms with E-state index >= 15 is 0 Å². The lowest BCUT2D eigenvalue weighted by molar-refractivity contribution is -0.168. The van der Waals surface area contributed by atoms with Crippen LogP contribution in [0.15, 0.2) is 23.8 Å². The number of esters is 1. The average molecular weight is 349 g/mol. The molecule has 2 aliphatic rings. The van der Waals surface area contributed by atoms with E-state index in [1.807, 2.05) is 6.08 Å². The van der Waals surface area contributed by atoms with Crippen molar-refractivity contribution in [3.63, 3.8) is 0 Å². The van der Waals surface area contributed by atoms with Crippen molar-refractivity contribution in [2.24, 2.45) is 22.7 Å². The fraction of sp³-hybridized carbons (Fsp3) is 0.773. The van der Waals surface area contributed by atoms with Crippen molar-refractivity contribution >= 4 is 5.97 Å². The molecule has 0 amide bonds. The molecule has 25 heavy (non-hydrogen) atoms. The van der Waals surface area contributed by atoms with Crippen LogP contribution in [0.3, 0.4) is 0 Å². The molecular weight excluding hydrogens is 312 g/mol. The third-order valence-corrected chi connectivity index (χ3v) is 7.18. The molecule has 0 spiro atoms. The van der Waals surface area contributed by atoms with Crippen LogP contribution in [-0.2, 0) is 9.53 Å². The van der Waals surface area contributed by atoms with Gasteiger partial charge in [0.2, 0.25) is 0 Å². The standard InChI is InChI=1S/C22H36O3/c1-16(12-15-23)8-6-9-18-17(2)10-11-19-21(18,3)13-7-14-22(19,4)20(24)25-5/h12,18-19,23H,2,6-11,13-15H2,1,3-5H3/b16-12+/t18-,19+,21+,22-/m0/s1. The number of ether oxygens (including phenoxy) is 1. The Labute approximate surface area is 153 Å². The van der Waals surface area contributed by atoms with Crippen LogP contribution in [0.4, 0.5) is 0 Å². The van der Waals surface area contributed by atoms with Crippen LogP contribution < -0.4 is 0 Å². The number of aliphatic hydroxyl groups excluding tert-OH is 1. The number of rotatable bonds is 6. The van der Waals surface area contributed by atoms with Gasteiger partial charge in [-0.2, -0.15) is 0 Å². The molecule has 0 saturated heterocycles. The summed E-state index contributed by atoms with van der Waals surface area (Å²) in [6.07, 6.45) is 10.5. The number of fused-ring (bicyclic) bond motifs is 1. The first-order valence-corrected chi connectivity index (χ1v) is 9.82. The fourth-order valence-corrected chi connectivity index (χ4v) is 5.80. The quantitative estimate of drug-likeness (QED) is 0.540. The van der Waals surface area contributed by atoms with Crippen LogP contribution in [0.25, 0.3) is 0 Å². The molecule has 0 aromatic heterocycles. The van der Waals surface area contributed by atoms with Gasteiger partial charge < -0.3 is 9.84 Å². The van der Waals surface area contributed by atoms with Crippen molar-refractivity contribution in [2.75, 3.05) is 13.7 Å². The zero-order chi connectivity index (χ0) is 18.7. The molecule has 2 fully saturated rings. The number of carbonyl (C=O) groups excluding carboxylic acids is 1. The van der Waals surface area contributed by atoms with Crippen molar-refractivity contribution in [3.8, 4) is 0 Å². The predicted octanol–water partition coefficient (Wildman–Crippen LogP) is 5.05. The second-order valence-corrected chi connectivity index (χ2v) is 8.70. The van der Waals surface area contributed by atoms with Gasteiger partial charge in [0.05, 0.1) is 19.1 Å². The summed E-state index contributed by atoms with van der Waals surface area (Å²) in [7, 11) is 1.52. The van der Waals surface area contributed by atoms with Gasteiger partial charge in [0.1, 0.15) is 0 Å². The predicted molar refractivity (Wildman–Crippen MR) is 102 cm³/mol. The minimum atomic E-state index is -0.354. The Hall–Kier alpha value is -1.09. The second-order valence-electron chi connectivity index (χ2n) is 8.70. The summed E-state index contributed by atoms with van der Waals surface area (Å²) >= 11 is 0. The molecule has 3 heteroatoms. The number of allylic oxidation sites excluding steroid dienone is 2. The second kappa shape index (κ2) is 8.07. The molecule has 0 bridgehead atoms. The lowest BCUT2D eigenvalue weighted by Gasteiger charge is -2.57. The Balaban J connectivity index is 2.18. The van der Waals surface area contributed by atoms with E-state index in [2.05, 4.69) is 27.4 Å². The molecule has 2 saturated carbocycles. The smallest absolute Gasteiger partial charge is 0.311 e. The Bertz CT molecular complexity index is 535. The Morgan fingerprint density at radius 2 is 2.12 bits per heavy atom. The molecule has 0 radical (unpaired) electrons. The minimum absolute atomic E-state index is 0.0311. The van der Waals surface area contributed by atoms with Crippen molar-refractivity contribution in [2.45, 2.75) is 72.1 Å². The first-order valence-electron chi connectivity index (χ1n) is 9.82. The number of methoxy groups -OCH3 is 1.